The Morgan fingerprint density at radius 3 is 1.38 bits per heavy atom. The Labute approximate surface area is 325 Å². The van der Waals surface area contributed by atoms with Gasteiger partial charge in [0.25, 0.3) is 0 Å². The van der Waals surface area contributed by atoms with Crippen LogP contribution in [0.25, 0.3) is 82.1 Å². The molecule has 56 heavy (non-hydrogen) atoms. The Morgan fingerprint density at radius 1 is 0.268 bits per heavy atom. The molecule has 0 aliphatic carbocycles. The third-order valence-electron chi connectivity index (χ3n) is 11.3. The van der Waals surface area contributed by atoms with Crippen LogP contribution in [0.2, 0.25) is 0 Å². The molecule has 0 saturated heterocycles. The quantitative estimate of drug-likeness (QED) is 0.156. The normalized spacial score (nSPS) is 11.6. The fraction of sp³-hybridized carbons (Fsp3) is 0. The molecule has 2 heteroatoms. The van der Waals surface area contributed by atoms with Crippen molar-refractivity contribution < 1.29 is 0 Å². The van der Waals surface area contributed by atoms with E-state index in [9.17, 15) is 0 Å². The summed E-state index contributed by atoms with van der Waals surface area (Å²) in [6, 6.07) is 79.5. The van der Waals surface area contributed by atoms with E-state index in [-0.39, 0.29) is 0 Å². The molecule has 0 fully saturated rings. The van der Waals surface area contributed by atoms with Gasteiger partial charge in [-0.05, 0) is 109 Å². The highest BCUT2D eigenvalue weighted by molar-refractivity contribution is 6.26. The predicted molar refractivity (Wildman–Crippen MR) is 239 cm³/mol. The summed E-state index contributed by atoms with van der Waals surface area (Å²) in [4.78, 5) is 2.40. The Morgan fingerprint density at radius 2 is 0.732 bits per heavy atom. The van der Waals surface area contributed by atoms with Gasteiger partial charge in [0.1, 0.15) is 0 Å². The fourth-order valence-corrected chi connectivity index (χ4v) is 8.83. The number of hydrogen-bond donors (Lipinski definition) is 0. The van der Waals surface area contributed by atoms with Crippen LogP contribution < -0.4 is 4.90 Å². The summed E-state index contributed by atoms with van der Waals surface area (Å²) < 4.78 is 2.44. The van der Waals surface area contributed by atoms with Crippen LogP contribution in [0.1, 0.15) is 0 Å². The lowest BCUT2D eigenvalue weighted by Gasteiger charge is -2.26. The van der Waals surface area contributed by atoms with Crippen molar-refractivity contribution in [3.05, 3.63) is 218 Å². The first-order valence-corrected chi connectivity index (χ1v) is 19.3. The summed E-state index contributed by atoms with van der Waals surface area (Å²) in [5.41, 5.74) is 11.6. The average molecular weight is 713 g/mol. The molecule has 11 aromatic rings. The molecule has 11 rings (SSSR count). The zero-order valence-electron chi connectivity index (χ0n) is 30.7. The number of hydrogen-bond acceptors (Lipinski definition) is 1. The van der Waals surface area contributed by atoms with E-state index in [0.29, 0.717) is 0 Å². The SMILES string of the molecule is c1ccc(-c2ccc(-n3c4ccccc4c4ccc(N(c5ccccc5)c5ccc6c7ccccc7c7ccccc7c6c5)cc43)cc2-c2ccccc2)cc1. The summed E-state index contributed by atoms with van der Waals surface area (Å²) in [6.45, 7) is 0. The number of aromatic nitrogens is 1. The molecule has 0 bridgehead atoms. The van der Waals surface area contributed by atoms with Crippen LogP contribution in [0.4, 0.5) is 17.1 Å². The van der Waals surface area contributed by atoms with Crippen molar-refractivity contribution in [1.29, 1.82) is 0 Å². The Hall–Kier alpha value is -7.42. The second kappa shape index (κ2) is 13.2. The lowest BCUT2D eigenvalue weighted by Crippen LogP contribution is -2.10. The van der Waals surface area contributed by atoms with Gasteiger partial charge in [0.05, 0.1) is 11.0 Å². The third kappa shape index (κ3) is 5.19. The second-order valence-electron chi connectivity index (χ2n) is 14.5. The van der Waals surface area contributed by atoms with Gasteiger partial charge in [-0.25, -0.2) is 0 Å². The van der Waals surface area contributed by atoms with Crippen molar-refractivity contribution in [2.75, 3.05) is 4.90 Å². The molecule has 0 unspecified atom stereocenters. The minimum atomic E-state index is 1.10. The van der Waals surface area contributed by atoms with Crippen LogP contribution in [0.5, 0.6) is 0 Å². The molecule has 1 heterocycles. The van der Waals surface area contributed by atoms with Gasteiger partial charge in [0, 0.05) is 33.5 Å². The molecule has 10 aromatic carbocycles. The summed E-state index contributed by atoms with van der Waals surface area (Å²) in [5, 5.41) is 10.1. The molecule has 0 amide bonds. The first-order chi connectivity index (χ1) is 27.8. The van der Waals surface area contributed by atoms with E-state index >= 15 is 0 Å². The Bertz CT molecular complexity index is 3200. The average Bonchev–Trinajstić information content (AvgIpc) is 3.61. The summed E-state index contributed by atoms with van der Waals surface area (Å²) in [6.07, 6.45) is 0. The van der Waals surface area contributed by atoms with Crippen molar-refractivity contribution in [1.82, 2.24) is 4.57 Å². The van der Waals surface area contributed by atoms with Gasteiger partial charge in [-0.1, -0.05) is 164 Å². The monoisotopic (exact) mass is 712 g/mol. The van der Waals surface area contributed by atoms with Crippen LogP contribution in [-0.2, 0) is 0 Å². The topological polar surface area (TPSA) is 8.17 Å². The lowest BCUT2D eigenvalue weighted by molar-refractivity contribution is 1.18. The molecule has 0 aliphatic rings. The molecule has 0 atom stereocenters. The summed E-state index contributed by atoms with van der Waals surface area (Å²) in [7, 11) is 0. The van der Waals surface area contributed by atoms with Crippen LogP contribution in [0.15, 0.2) is 218 Å². The van der Waals surface area contributed by atoms with Crippen molar-refractivity contribution in [2.45, 2.75) is 0 Å². The zero-order valence-corrected chi connectivity index (χ0v) is 30.7. The number of fused-ring (bicyclic) bond motifs is 9. The highest BCUT2D eigenvalue weighted by Crippen LogP contribution is 2.43. The number of nitrogens with zero attached hydrogens (tertiary/aromatic N) is 2. The molecule has 0 saturated carbocycles. The maximum absolute atomic E-state index is 2.44. The molecular formula is C54H36N2. The molecule has 1 aromatic heterocycles. The minimum absolute atomic E-state index is 1.10. The van der Waals surface area contributed by atoms with Gasteiger partial charge in [0.15, 0.2) is 0 Å². The molecule has 0 radical (unpaired) electrons. The Kier molecular flexibility index (Phi) is 7.53. The van der Waals surface area contributed by atoms with Crippen molar-refractivity contribution in [3.8, 4) is 27.9 Å². The van der Waals surface area contributed by atoms with Gasteiger partial charge >= 0.3 is 0 Å². The smallest absolute Gasteiger partial charge is 0.0561 e. The number of para-hydroxylation sites is 2. The number of anilines is 3. The summed E-state index contributed by atoms with van der Waals surface area (Å²) >= 11 is 0. The summed E-state index contributed by atoms with van der Waals surface area (Å²) in [5.74, 6) is 0. The Balaban J connectivity index is 1.15. The van der Waals surface area contributed by atoms with Crippen LogP contribution >= 0.6 is 0 Å². The molecular weight excluding hydrogens is 677 g/mol. The highest BCUT2D eigenvalue weighted by Gasteiger charge is 2.20. The van der Waals surface area contributed by atoms with Gasteiger partial charge < -0.3 is 9.47 Å². The maximum atomic E-state index is 2.44. The van der Waals surface area contributed by atoms with E-state index in [0.717, 1.165) is 28.3 Å². The first kappa shape index (κ1) is 32.0. The van der Waals surface area contributed by atoms with E-state index < -0.39 is 0 Å². The number of benzene rings is 10. The molecule has 0 spiro atoms. The zero-order chi connectivity index (χ0) is 37.0. The van der Waals surface area contributed by atoms with E-state index in [1.54, 1.807) is 0 Å². The van der Waals surface area contributed by atoms with E-state index in [1.807, 2.05) is 0 Å². The standard InChI is InChI=1S/C54H36N2/c1-4-16-37(17-5-1)43-31-28-41(34-51(43)38-18-6-2-7-19-38)56-53-27-15-14-26-49(53)50-33-30-42(36-54(50)56)55(39-20-8-3-9-21-39)40-29-32-48-46-24-11-10-22-44(46)45-23-12-13-25-47(45)52(48)35-40/h1-36H. The second-order valence-corrected chi connectivity index (χ2v) is 14.5. The minimum Gasteiger partial charge on any atom is -0.310 e. The van der Waals surface area contributed by atoms with Gasteiger partial charge in [-0.2, -0.15) is 0 Å². The predicted octanol–water partition coefficient (Wildman–Crippen LogP) is 15.0. The van der Waals surface area contributed by atoms with E-state index in [2.05, 4.69) is 228 Å². The van der Waals surface area contributed by atoms with Crippen molar-refractivity contribution in [2.24, 2.45) is 0 Å². The van der Waals surface area contributed by atoms with E-state index in [1.165, 1.54) is 70.9 Å². The van der Waals surface area contributed by atoms with Crippen LogP contribution in [-0.4, -0.2) is 4.57 Å². The highest BCUT2D eigenvalue weighted by atomic mass is 15.1. The largest absolute Gasteiger partial charge is 0.310 e. The number of rotatable bonds is 6. The third-order valence-corrected chi connectivity index (χ3v) is 11.3. The van der Waals surface area contributed by atoms with Crippen molar-refractivity contribution in [3.63, 3.8) is 0 Å². The lowest BCUT2D eigenvalue weighted by atomic mass is 9.94. The van der Waals surface area contributed by atoms with Crippen LogP contribution in [0, 0.1) is 0 Å². The van der Waals surface area contributed by atoms with Crippen LogP contribution in [0.3, 0.4) is 0 Å². The molecule has 0 N–H and O–H groups in total. The van der Waals surface area contributed by atoms with Gasteiger partial charge in [-0.3, -0.25) is 0 Å². The molecule has 262 valence electrons. The first-order valence-electron chi connectivity index (χ1n) is 19.3. The van der Waals surface area contributed by atoms with E-state index in [4.69, 9.17) is 0 Å². The van der Waals surface area contributed by atoms with Gasteiger partial charge in [0.2, 0.25) is 0 Å². The van der Waals surface area contributed by atoms with Gasteiger partial charge in [-0.15, -0.1) is 0 Å². The van der Waals surface area contributed by atoms with Crippen molar-refractivity contribution >= 4 is 71.2 Å². The molecule has 0 aliphatic heterocycles. The molecule has 2 nitrogen and oxygen atoms in total. The maximum Gasteiger partial charge on any atom is 0.0561 e. The fourth-order valence-electron chi connectivity index (χ4n) is 8.83.